The number of sulfonamides is 1. The molecule has 1 aromatic heterocycles. The number of nitrogens with one attached hydrogen (secondary N) is 1. The van der Waals surface area contributed by atoms with E-state index in [0.717, 1.165) is 0 Å². The summed E-state index contributed by atoms with van der Waals surface area (Å²) in [5.74, 6) is 0. The average molecular weight is 245 g/mol. The van der Waals surface area contributed by atoms with Crippen molar-refractivity contribution < 1.29 is 8.42 Å². The Hall–Kier alpha value is -0.850. The molecule has 1 rings (SSSR count). The number of nitrogens with zero attached hydrogens (tertiary/aromatic N) is 1. The SMILES string of the molecule is CC(C)N(CCCN)S(=O)(=O)c1cc[nH]c1. The zero-order chi connectivity index (χ0) is 12.2. The van der Waals surface area contributed by atoms with E-state index in [1.165, 1.54) is 10.5 Å². The van der Waals surface area contributed by atoms with Gasteiger partial charge in [0.1, 0.15) is 0 Å². The second kappa shape index (κ2) is 5.47. The first-order valence-corrected chi connectivity index (χ1v) is 6.79. The molecule has 0 bridgehead atoms. The van der Waals surface area contributed by atoms with E-state index >= 15 is 0 Å². The van der Waals surface area contributed by atoms with Crippen LogP contribution in [0.1, 0.15) is 20.3 Å². The van der Waals surface area contributed by atoms with E-state index in [0.29, 0.717) is 24.4 Å². The maximum Gasteiger partial charge on any atom is 0.244 e. The molecule has 0 unspecified atom stereocenters. The zero-order valence-electron chi connectivity index (χ0n) is 9.68. The summed E-state index contributed by atoms with van der Waals surface area (Å²) in [4.78, 5) is 3.06. The Labute approximate surface area is 96.7 Å². The predicted octanol–water partition coefficient (Wildman–Crippen LogP) is 0.763. The highest BCUT2D eigenvalue weighted by atomic mass is 32.2. The summed E-state index contributed by atoms with van der Waals surface area (Å²) in [6.45, 7) is 4.68. The highest BCUT2D eigenvalue weighted by Gasteiger charge is 2.26. The van der Waals surface area contributed by atoms with E-state index in [2.05, 4.69) is 4.98 Å². The Kier molecular flexibility index (Phi) is 4.52. The average Bonchev–Trinajstić information content (AvgIpc) is 2.70. The van der Waals surface area contributed by atoms with Gasteiger partial charge in [-0.2, -0.15) is 4.31 Å². The van der Waals surface area contributed by atoms with Crippen LogP contribution in [0.4, 0.5) is 0 Å². The van der Waals surface area contributed by atoms with Gasteiger partial charge in [-0.1, -0.05) is 0 Å². The maximum atomic E-state index is 12.2. The van der Waals surface area contributed by atoms with Crippen molar-refractivity contribution in [1.29, 1.82) is 0 Å². The second-order valence-corrected chi connectivity index (χ2v) is 5.79. The molecule has 16 heavy (non-hydrogen) atoms. The van der Waals surface area contributed by atoms with Gasteiger partial charge in [0.25, 0.3) is 0 Å². The largest absolute Gasteiger partial charge is 0.366 e. The van der Waals surface area contributed by atoms with Crippen LogP contribution in [0.15, 0.2) is 23.4 Å². The molecule has 0 atom stereocenters. The Balaban J connectivity index is 2.94. The van der Waals surface area contributed by atoms with Crippen LogP contribution in [0.2, 0.25) is 0 Å². The lowest BCUT2D eigenvalue weighted by molar-refractivity contribution is 0.351. The van der Waals surface area contributed by atoms with Gasteiger partial charge in [-0.3, -0.25) is 0 Å². The lowest BCUT2D eigenvalue weighted by Crippen LogP contribution is -2.38. The van der Waals surface area contributed by atoms with Gasteiger partial charge in [0.15, 0.2) is 0 Å². The lowest BCUT2D eigenvalue weighted by atomic mass is 10.3. The number of hydrogen-bond donors (Lipinski definition) is 2. The van der Waals surface area contributed by atoms with Crippen molar-refractivity contribution in [3.63, 3.8) is 0 Å². The van der Waals surface area contributed by atoms with E-state index < -0.39 is 10.0 Å². The second-order valence-electron chi connectivity index (χ2n) is 3.90. The van der Waals surface area contributed by atoms with Crippen LogP contribution in [0.25, 0.3) is 0 Å². The van der Waals surface area contributed by atoms with Gasteiger partial charge >= 0.3 is 0 Å². The Morgan fingerprint density at radius 2 is 2.19 bits per heavy atom. The number of H-pyrrole nitrogens is 1. The Morgan fingerprint density at radius 3 is 2.62 bits per heavy atom. The molecule has 0 aliphatic carbocycles. The third-order valence-corrected chi connectivity index (χ3v) is 4.41. The third kappa shape index (κ3) is 2.84. The summed E-state index contributed by atoms with van der Waals surface area (Å²) in [5, 5.41) is 0. The highest BCUT2D eigenvalue weighted by Crippen LogP contribution is 2.17. The fourth-order valence-electron chi connectivity index (χ4n) is 1.51. The third-order valence-electron chi connectivity index (χ3n) is 2.33. The van der Waals surface area contributed by atoms with Crippen LogP contribution in [-0.4, -0.2) is 36.8 Å². The quantitative estimate of drug-likeness (QED) is 0.776. The molecule has 0 saturated carbocycles. The number of hydrogen-bond acceptors (Lipinski definition) is 3. The van der Waals surface area contributed by atoms with E-state index in [9.17, 15) is 8.42 Å². The molecule has 0 spiro atoms. The molecule has 0 amide bonds. The molecule has 3 N–H and O–H groups in total. The Bertz CT molecular complexity index is 398. The number of aromatic nitrogens is 1. The summed E-state index contributed by atoms with van der Waals surface area (Å²) < 4.78 is 25.9. The molecule has 6 heteroatoms. The monoisotopic (exact) mass is 245 g/mol. The first kappa shape index (κ1) is 13.2. The first-order chi connectivity index (χ1) is 7.50. The fourth-order valence-corrected chi connectivity index (χ4v) is 3.16. The lowest BCUT2D eigenvalue weighted by Gasteiger charge is -2.25. The molecule has 0 aliphatic heterocycles. The molecule has 0 fully saturated rings. The molecule has 0 saturated heterocycles. The van der Waals surface area contributed by atoms with Crippen LogP contribution in [0.3, 0.4) is 0 Å². The van der Waals surface area contributed by atoms with Gasteiger partial charge in [0.05, 0.1) is 4.90 Å². The summed E-state index contributed by atoms with van der Waals surface area (Å²) >= 11 is 0. The summed E-state index contributed by atoms with van der Waals surface area (Å²) in [6.07, 6.45) is 3.77. The predicted molar refractivity (Wildman–Crippen MR) is 63.5 cm³/mol. The van der Waals surface area contributed by atoms with E-state index in [-0.39, 0.29) is 6.04 Å². The van der Waals surface area contributed by atoms with Crippen LogP contribution in [-0.2, 0) is 10.0 Å². The smallest absolute Gasteiger partial charge is 0.244 e. The number of rotatable bonds is 6. The number of nitrogens with two attached hydrogens (primary N) is 1. The van der Waals surface area contributed by atoms with Crippen LogP contribution >= 0.6 is 0 Å². The minimum atomic E-state index is -3.38. The summed E-state index contributed by atoms with van der Waals surface area (Å²) in [7, 11) is -3.38. The van der Waals surface area contributed by atoms with Gasteiger partial charge in [0, 0.05) is 25.0 Å². The topological polar surface area (TPSA) is 79.2 Å². The van der Waals surface area contributed by atoms with Crippen molar-refractivity contribution in [2.24, 2.45) is 5.73 Å². The normalized spacial score (nSPS) is 12.6. The minimum absolute atomic E-state index is 0.0635. The van der Waals surface area contributed by atoms with Crippen molar-refractivity contribution in [3.05, 3.63) is 18.5 Å². The molecule has 92 valence electrons. The molecule has 0 aromatic carbocycles. The van der Waals surface area contributed by atoms with Gasteiger partial charge in [-0.25, -0.2) is 8.42 Å². The van der Waals surface area contributed by atoms with Crippen molar-refractivity contribution in [1.82, 2.24) is 9.29 Å². The minimum Gasteiger partial charge on any atom is -0.366 e. The van der Waals surface area contributed by atoms with Gasteiger partial charge in [-0.15, -0.1) is 0 Å². The Morgan fingerprint density at radius 1 is 1.50 bits per heavy atom. The van der Waals surface area contributed by atoms with E-state index in [1.54, 1.807) is 12.3 Å². The zero-order valence-corrected chi connectivity index (χ0v) is 10.5. The van der Waals surface area contributed by atoms with Crippen LogP contribution in [0.5, 0.6) is 0 Å². The van der Waals surface area contributed by atoms with Crippen molar-refractivity contribution in [2.45, 2.75) is 31.2 Å². The van der Waals surface area contributed by atoms with Crippen molar-refractivity contribution >= 4 is 10.0 Å². The molecular weight excluding hydrogens is 226 g/mol. The van der Waals surface area contributed by atoms with Crippen LogP contribution < -0.4 is 5.73 Å². The van der Waals surface area contributed by atoms with Crippen LogP contribution in [0, 0.1) is 0 Å². The molecule has 1 aromatic rings. The molecule has 1 heterocycles. The number of aromatic amines is 1. The molecule has 0 radical (unpaired) electrons. The first-order valence-electron chi connectivity index (χ1n) is 5.35. The summed E-state index contributed by atoms with van der Waals surface area (Å²) in [5.41, 5.74) is 5.41. The van der Waals surface area contributed by atoms with E-state index in [4.69, 9.17) is 5.73 Å². The fraction of sp³-hybridized carbons (Fsp3) is 0.600. The molecular formula is C10H19N3O2S. The molecule has 0 aliphatic rings. The maximum absolute atomic E-state index is 12.2. The van der Waals surface area contributed by atoms with Gasteiger partial charge < -0.3 is 10.7 Å². The van der Waals surface area contributed by atoms with Crippen molar-refractivity contribution in [2.75, 3.05) is 13.1 Å². The summed E-state index contributed by atoms with van der Waals surface area (Å²) in [6, 6.07) is 1.50. The van der Waals surface area contributed by atoms with Gasteiger partial charge in [-0.05, 0) is 32.9 Å². The van der Waals surface area contributed by atoms with E-state index in [1.807, 2.05) is 13.8 Å². The van der Waals surface area contributed by atoms with Crippen molar-refractivity contribution in [3.8, 4) is 0 Å². The highest BCUT2D eigenvalue weighted by molar-refractivity contribution is 7.89. The standard InChI is InChI=1S/C10H19N3O2S/c1-9(2)13(7-3-5-11)16(14,15)10-4-6-12-8-10/h4,6,8-9,12H,3,5,7,11H2,1-2H3. The molecule has 5 nitrogen and oxygen atoms in total. The van der Waals surface area contributed by atoms with Gasteiger partial charge in [0.2, 0.25) is 10.0 Å².